The lowest BCUT2D eigenvalue weighted by Crippen LogP contribution is -2.12. The molecule has 2 N–H and O–H groups in total. The number of aryl methyl sites for hydroxylation is 1. The van der Waals surface area contributed by atoms with Crippen molar-refractivity contribution in [1.29, 1.82) is 0 Å². The number of amides is 1. The van der Waals surface area contributed by atoms with Gasteiger partial charge in [0, 0.05) is 41.0 Å². The van der Waals surface area contributed by atoms with Crippen molar-refractivity contribution in [2.75, 3.05) is 19.0 Å². The van der Waals surface area contributed by atoms with Crippen molar-refractivity contribution in [2.24, 2.45) is 0 Å². The molecule has 0 aliphatic carbocycles. The van der Waals surface area contributed by atoms with Gasteiger partial charge >= 0.3 is 0 Å². The van der Waals surface area contributed by atoms with Crippen LogP contribution in [0.5, 0.6) is 0 Å². The molecule has 0 aliphatic heterocycles. The molecule has 3 aromatic heterocycles. The SMILES string of the molecule is COCCn1c(-c2nc(C(=O)Nc3cccc4cc(C)[nH]c34)cs2)cc2ccccc21. The van der Waals surface area contributed by atoms with E-state index in [0.717, 1.165) is 43.9 Å². The van der Waals surface area contributed by atoms with E-state index < -0.39 is 0 Å². The zero-order valence-corrected chi connectivity index (χ0v) is 18.1. The molecule has 31 heavy (non-hydrogen) atoms. The molecule has 1 amide bonds. The van der Waals surface area contributed by atoms with Crippen molar-refractivity contribution >= 4 is 44.7 Å². The van der Waals surface area contributed by atoms with E-state index in [0.29, 0.717) is 18.8 Å². The van der Waals surface area contributed by atoms with Gasteiger partial charge in [0.05, 0.1) is 23.5 Å². The molecule has 7 heteroatoms. The first kappa shape index (κ1) is 19.5. The lowest BCUT2D eigenvalue weighted by Gasteiger charge is -2.08. The fraction of sp³-hybridized carbons (Fsp3) is 0.167. The number of anilines is 1. The van der Waals surface area contributed by atoms with Crippen LogP contribution in [-0.2, 0) is 11.3 Å². The van der Waals surface area contributed by atoms with Gasteiger partial charge in [-0.05, 0) is 31.2 Å². The second-order valence-electron chi connectivity index (χ2n) is 7.45. The largest absolute Gasteiger partial charge is 0.383 e. The summed E-state index contributed by atoms with van der Waals surface area (Å²) in [6, 6.07) is 18.3. The lowest BCUT2D eigenvalue weighted by atomic mass is 10.2. The Labute approximate surface area is 183 Å². The maximum Gasteiger partial charge on any atom is 0.275 e. The zero-order valence-electron chi connectivity index (χ0n) is 17.3. The van der Waals surface area contributed by atoms with Gasteiger partial charge in [0.2, 0.25) is 0 Å². The van der Waals surface area contributed by atoms with Crippen molar-refractivity contribution in [3.8, 4) is 10.7 Å². The number of aromatic nitrogens is 3. The van der Waals surface area contributed by atoms with Gasteiger partial charge in [-0.15, -0.1) is 11.3 Å². The molecule has 0 unspecified atom stereocenters. The number of nitrogens with one attached hydrogen (secondary N) is 2. The second kappa shape index (κ2) is 8.02. The van der Waals surface area contributed by atoms with Crippen LogP contribution in [-0.4, -0.2) is 34.2 Å². The van der Waals surface area contributed by atoms with E-state index in [1.54, 1.807) is 7.11 Å². The third kappa shape index (κ3) is 3.62. The number of benzene rings is 2. The Bertz CT molecular complexity index is 1400. The van der Waals surface area contributed by atoms with Crippen molar-refractivity contribution in [3.05, 3.63) is 71.4 Å². The summed E-state index contributed by atoms with van der Waals surface area (Å²) in [5.41, 5.74) is 5.25. The number of thiazole rings is 1. The number of hydrogen-bond acceptors (Lipinski definition) is 4. The minimum absolute atomic E-state index is 0.221. The fourth-order valence-electron chi connectivity index (χ4n) is 3.89. The molecule has 0 atom stereocenters. The summed E-state index contributed by atoms with van der Waals surface area (Å²) >= 11 is 1.47. The number of methoxy groups -OCH3 is 1. The first-order valence-corrected chi connectivity index (χ1v) is 10.9. The average Bonchev–Trinajstić information content (AvgIpc) is 3.48. The van der Waals surface area contributed by atoms with Crippen LogP contribution in [0.3, 0.4) is 0 Å². The van der Waals surface area contributed by atoms with Gasteiger partial charge in [-0.2, -0.15) is 0 Å². The van der Waals surface area contributed by atoms with E-state index in [9.17, 15) is 4.79 Å². The number of carbonyl (C=O) groups is 1. The summed E-state index contributed by atoms with van der Waals surface area (Å²) in [5, 5.41) is 7.83. The Morgan fingerprint density at radius 3 is 2.87 bits per heavy atom. The second-order valence-corrected chi connectivity index (χ2v) is 8.31. The third-order valence-electron chi connectivity index (χ3n) is 5.32. The van der Waals surface area contributed by atoms with E-state index in [1.807, 2.05) is 42.6 Å². The van der Waals surface area contributed by atoms with E-state index in [-0.39, 0.29) is 5.91 Å². The molecule has 2 aromatic carbocycles. The summed E-state index contributed by atoms with van der Waals surface area (Å²) in [7, 11) is 1.70. The van der Waals surface area contributed by atoms with E-state index >= 15 is 0 Å². The lowest BCUT2D eigenvalue weighted by molar-refractivity contribution is 0.102. The van der Waals surface area contributed by atoms with Crippen LogP contribution >= 0.6 is 11.3 Å². The molecular formula is C24H22N4O2S. The van der Waals surface area contributed by atoms with E-state index in [2.05, 4.69) is 44.1 Å². The number of hydrogen-bond donors (Lipinski definition) is 2. The van der Waals surface area contributed by atoms with Crippen LogP contribution < -0.4 is 5.32 Å². The summed E-state index contributed by atoms with van der Waals surface area (Å²) in [4.78, 5) is 20.9. The molecule has 0 aliphatic rings. The summed E-state index contributed by atoms with van der Waals surface area (Å²) in [5.74, 6) is -0.221. The molecule has 0 spiro atoms. The highest BCUT2D eigenvalue weighted by Gasteiger charge is 2.17. The topological polar surface area (TPSA) is 71.9 Å². The molecule has 3 heterocycles. The van der Waals surface area contributed by atoms with E-state index in [4.69, 9.17) is 4.74 Å². The number of carbonyl (C=O) groups excluding carboxylic acids is 1. The number of ether oxygens (including phenoxy) is 1. The smallest absolute Gasteiger partial charge is 0.275 e. The van der Waals surface area contributed by atoms with Crippen molar-refractivity contribution in [3.63, 3.8) is 0 Å². The zero-order chi connectivity index (χ0) is 21.4. The molecular weight excluding hydrogens is 408 g/mol. The summed E-state index contributed by atoms with van der Waals surface area (Å²) < 4.78 is 7.49. The fourth-order valence-corrected chi connectivity index (χ4v) is 4.72. The number of nitrogens with zero attached hydrogens (tertiary/aromatic N) is 2. The Morgan fingerprint density at radius 2 is 2.00 bits per heavy atom. The van der Waals surface area contributed by atoms with Gasteiger partial charge in [-0.3, -0.25) is 4.79 Å². The predicted octanol–water partition coefficient (Wildman–Crippen LogP) is 5.45. The number of aromatic amines is 1. The van der Waals surface area contributed by atoms with Gasteiger partial charge in [0.25, 0.3) is 5.91 Å². The third-order valence-corrected chi connectivity index (χ3v) is 6.19. The van der Waals surface area contributed by atoms with Crippen molar-refractivity contribution in [2.45, 2.75) is 13.5 Å². The molecule has 0 bridgehead atoms. The molecule has 156 valence electrons. The van der Waals surface area contributed by atoms with Crippen LogP contribution in [0.4, 0.5) is 5.69 Å². The van der Waals surface area contributed by atoms with Crippen LogP contribution in [0, 0.1) is 6.92 Å². The number of H-pyrrole nitrogens is 1. The quantitative estimate of drug-likeness (QED) is 0.376. The average molecular weight is 431 g/mol. The van der Waals surface area contributed by atoms with Crippen LogP contribution in [0.25, 0.3) is 32.5 Å². The first-order chi connectivity index (χ1) is 15.1. The molecule has 0 saturated carbocycles. The maximum atomic E-state index is 12.9. The van der Waals surface area contributed by atoms with Crippen LogP contribution in [0.2, 0.25) is 0 Å². The van der Waals surface area contributed by atoms with Gasteiger partial charge in [-0.1, -0.05) is 30.3 Å². The Hall–Kier alpha value is -3.42. The van der Waals surface area contributed by atoms with Gasteiger partial charge in [0.15, 0.2) is 0 Å². The van der Waals surface area contributed by atoms with Crippen LogP contribution in [0.15, 0.2) is 60.0 Å². The Kier molecular flexibility index (Phi) is 5.05. The van der Waals surface area contributed by atoms with Crippen molar-refractivity contribution in [1.82, 2.24) is 14.5 Å². The Morgan fingerprint density at radius 1 is 1.16 bits per heavy atom. The monoisotopic (exact) mass is 430 g/mol. The number of rotatable bonds is 6. The molecule has 0 radical (unpaired) electrons. The highest BCUT2D eigenvalue weighted by molar-refractivity contribution is 7.13. The Balaban J connectivity index is 1.46. The van der Waals surface area contributed by atoms with Crippen molar-refractivity contribution < 1.29 is 9.53 Å². The van der Waals surface area contributed by atoms with Gasteiger partial charge in [-0.25, -0.2) is 4.98 Å². The van der Waals surface area contributed by atoms with Crippen LogP contribution in [0.1, 0.15) is 16.2 Å². The molecule has 5 aromatic rings. The molecule has 6 nitrogen and oxygen atoms in total. The number of fused-ring (bicyclic) bond motifs is 2. The normalized spacial score (nSPS) is 11.4. The number of para-hydroxylation sites is 2. The summed E-state index contributed by atoms with van der Waals surface area (Å²) in [6.07, 6.45) is 0. The predicted molar refractivity (Wildman–Crippen MR) is 126 cm³/mol. The highest BCUT2D eigenvalue weighted by Crippen LogP contribution is 2.31. The first-order valence-electron chi connectivity index (χ1n) is 10.1. The molecule has 5 rings (SSSR count). The maximum absolute atomic E-state index is 12.9. The van der Waals surface area contributed by atoms with Gasteiger partial charge < -0.3 is 19.6 Å². The van der Waals surface area contributed by atoms with E-state index in [1.165, 1.54) is 11.3 Å². The minimum Gasteiger partial charge on any atom is -0.383 e. The molecule has 0 saturated heterocycles. The van der Waals surface area contributed by atoms with Gasteiger partial charge in [0.1, 0.15) is 10.7 Å². The summed E-state index contributed by atoms with van der Waals surface area (Å²) in [6.45, 7) is 3.32. The highest BCUT2D eigenvalue weighted by atomic mass is 32.1. The minimum atomic E-state index is -0.221. The molecule has 0 fully saturated rings. The standard InChI is InChI=1S/C24H22N4O2S/c1-15-12-17-7-5-8-18(22(17)25-15)26-23(29)19-14-31-24(27-19)21-13-16-6-3-4-9-20(16)28(21)10-11-30-2/h3-9,12-14,25H,10-11H2,1-2H3,(H,26,29).